The fourth-order valence-electron chi connectivity index (χ4n) is 2.62. The van der Waals surface area contributed by atoms with Gasteiger partial charge in [-0.05, 0) is 51.3 Å². The van der Waals surface area contributed by atoms with Crippen molar-refractivity contribution in [2.75, 3.05) is 13.1 Å². The summed E-state index contributed by atoms with van der Waals surface area (Å²) in [5.74, 6) is -0.187. The van der Waals surface area contributed by atoms with E-state index in [-0.39, 0.29) is 17.9 Å². The predicted molar refractivity (Wildman–Crippen MR) is 96.5 cm³/mol. The van der Waals surface area contributed by atoms with Crippen molar-refractivity contribution >= 4 is 27.9 Å². The van der Waals surface area contributed by atoms with E-state index < -0.39 is 5.60 Å². The molecule has 0 aromatic heterocycles. The quantitative estimate of drug-likeness (QED) is 0.846. The Morgan fingerprint density at radius 3 is 2.58 bits per heavy atom. The standard InChI is InChI=1S/C18H25BrN2O3/c1-18(2,3)24-17(23)21-10-4-5-14(12-21)16(22)20-11-13-6-8-15(19)9-7-13/h6-9,14H,4-5,10-12H2,1-3H3,(H,20,22)/t14-/m0/s1. The third-order valence-corrected chi connectivity index (χ3v) is 4.35. The first-order valence-electron chi connectivity index (χ1n) is 8.25. The molecule has 0 saturated carbocycles. The van der Waals surface area contributed by atoms with E-state index in [1.165, 1.54) is 0 Å². The van der Waals surface area contributed by atoms with Gasteiger partial charge in [0.25, 0.3) is 0 Å². The maximum atomic E-state index is 12.4. The lowest BCUT2D eigenvalue weighted by Gasteiger charge is -2.33. The van der Waals surface area contributed by atoms with Gasteiger partial charge in [0.05, 0.1) is 5.92 Å². The second-order valence-corrected chi connectivity index (χ2v) is 8.03. The number of nitrogens with one attached hydrogen (secondary N) is 1. The first-order chi connectivity index (χ1) is 11.2. The van der Waals surface area contributed by atoms with Crippen LogP contribution in [0.4, 0.5) is 4.79 Å². The number of ether oxygens (including phenoxy) is 1. The summed E-state index contributed by atoms with van der Waals surface area (Å²) in [6, 6.07) is 7.84. The Balaban J connectivity index is 1.85. The molecule has 132 valence electrons. The van der Waals surface area contributed by atoms with Crippen molar-refractivity contribution in [1.29, 1.82) is 0 Å². The molecule has 2 rings (SSSR count). The van der Waals surface area contributed by atoms with E-state index in [1.807, 2.05) is 45.0 Å². The molecule has 0 spiro atoms. The van der Waals surface area contributed by atoms with E-state index >= 15 is 0 Å². The van der Waals surface area contributed by atoms with E-state index in [4.69, 9.17) is 4.74 Å². The zero-order valence-corrected chi connectivity index (χ0v) is 16.1. The zero-order chi connectivity index (χ0) is 17.7. The van der Waals surface area contributed by atoms with Gasteiger partial charge in [-0.3, -0.25) is 4.79 Å². The Kier molecular flexibility index (Phi) is 6.27. The average molecular weight is 397 g/mol. The fourth-order valence-corrected chi connectivity index (χ4v) is 2.88. The molecule has 1 N–H and O–H groups in total. The molecule has 5 nitrogen and oxygen atoms in total. The Labute approximate surface area is 151 Å². The van der Waals surface area contributed by atoms with Gasteiger partial charge >= 0.3 is 6.09 Å². The summed E-state index contributed by atoms with van der Waals surface area (Å²) in [5, 5.41) is 2.96. The highest BCUT2D eigenvalue weighted by atomic mass is 79.9. The van der Waals surface area contributed by atoms with Crippen molar-refractivity contribution in [1.82, 2.24) is 10.2 Å². The summed E-state index contributed by atoms with van der Waals surface area (Å²) in [6.07, 6.45) is 1.27. The maximum Gasteiger partial charge on any atom is 0.410 e. The number of rotatable bonds is 3. The first-order valence-corrected chi connectivity index (χ1v) is 9.04. The highest BCUT2D eigenvalue weighted by Crippen LogP contribution is 2.20. The van der Waals surface area contributed by atoms with E-state index in [0.29, 0.717) is 19.6 Å². The van der Waals surface area contributed by atoms with Gasteiger partial charge < -0.3 is 15.0 Å². The molecule has 1 aromatic carbocycles. The lowest BCUT2D eigenvalue weighted by molar-refractivity contribution is -0.126. The topological polar surface area (TPSA) is 58.6 Å². The molecule has 1 aromatic rings. The van der Waals surface area contributed by atoms with Crippen molar-refractivity contribution in [3.63, 3.8) is 0 Å². The van der Waals surface area contributed by atoms with Crippen LogP contribution < -0.4 is 5.32 Å². The number of amides is 2. The molecule has 1 aliphatic heterocycles. The SMILES string of the molecule is CC(C)(C)OC(=O)N1CCC[C@H](C(=O)NCc2ccc(Br)cc2)C1. The van der Waals surface area contributed by atoms with E-state index in [9.17, 15) is 9.59 Å². The average Bonchev–Trinajstić information content (AvgIpc) is 2.52. The number of carbonyl (C=O) groups is 2. The molecule has 2 amide bonds. The molecule has 0 bridgehead atoms. The van der Waals surface area contributed by atoms with Crippen molar-refractivity contribution in [2.24, 2.45) is 5.92 Å². The second kappa shape index (κ2) is 8.01. The van der Waals surface area contributed by atoms with Crippen molar-refractivity contribution in [3.8, 4) is 0 Å². The molecule has 1 atom stereocenters. The monoisotopic (exact) mass is 396 g/mol. The van der Waals surface area contributed by atoms with Crippen LogP contribution >= 0.6 is 15.9 Å². The smallest absolute Gasteiger partial charge is 0.410 e. The number of hydrogen-bond acceptors (Lipinski definition) is 3. The predicted octanol–water partition coefficient (Wildman–Crippen LogP) is 3.71. The third-order valence-electron chi connectivity index (χ3n) is 3.82. The van der Waals surface area contributed by atoms with Crippen LogP contribution in [0.1, 0.15) is 39.2 Å². The van der Waals surface area contributed by atoms with Crippen molar-refractivity contribution in [3.05, 3.63) is 34.3 Å². The molecule has 0 aliphatic carbocycles. The summed E-state index contributed by atoms with van der Waals surface area (Å²) < 4.78 is 6.41. The van der Waals surface area contributed by atoms with Gasteiger partial charge in [-0.2, -0.15) is 0 Å². The van der Waals surface area contributed by atoms with Gasteiger partial charge in [0.2, 0.25) is 5.91 Å². The third kappa shape index (κ3) is 5.82. The molecule has 1 saturated heterocycles. The molecular formula is C18H25BrN2O3. The molecule has 24 heavy (non-hydrogen) atoms. The van der Waals surface area contributed by atoms with Gasteiger partial charge in [0, 0.05) is 24.1 Å². The molecular weight excluding hydrogens is 372 g/mol. The van der Waals surface area contributed by atoms with Crippen LogP contribution in [-0.4, -0.2) is 35.6 Å². The molecule has 1 heterocycles. The molecule has 6 heteroatoms. The minimum atomic E-state index is -0.520. The molecule has 1 aliphatic rings. The van der Waals surface area contributed by atoms with Gasteiger partial charge in [0.15, 0.2) is 0 Å². The zero-order valence-electron chi connectivity index (χ0n) is 14.5. The number of carbonyl (C=O) groups excluding carboxylic acids is 2. The number of piperidine rings is 1. The lowest BCUT2D eigenvalue weighted by Crippen LogP contribution is -2.46. The van der Waals surface area contributed by atoms with E-state index in [2.05, 4.69) is 21.2 Å². The first kappa shape index (κ1) is 18.8. The summed E-state index contributed by atoms with van der Waals surface area (Å²) in [5.41, 5.74) is 0.528. The largest absolute Gasteiger partial charge is 0.444 e. The van der Waals surface area contributed by atoms with Crippen LogP contribution in [0, 0.1) is 5.92 Å². The van der Waals surface area contributed by atoms with Crippen LogP contribution in [0.2, 0.25) is 0 Å². The molecule has 1 fully saturated rings. The van der Waals surface area contributed by atoms with Gasteiger partial charge in [-0.1, -0.05) is 28.1 Å². The molecule has 0 unspecified atom stereocenters. The van der Waals surface area contributed by atoms with Gasteiger partial charge in [-0.15, -0.1) is 0 Å². The van der Waals surface area contributed by atoms with Crippen LogP contribution in [0.25, 0.3) is 0 Å². The Hall–Kier alpha value is -1.56. The van der Waals surface area contributed by atoms with E-state index in [1.54, 1.807) is 4.90 Å². The normalized spacial score (nSPS) is 18.2. The summed E-state index contributed by atoms with van der Waals surface area (Å²) in [7, 11) is 0. The number of hydrogen-bond donors (Lipinski definition) is 1. The number of halogens is 1. The minimum absolute atomic E-state index is 0.00817. The van der Waals surface area contributed by atoms with Gasteiger partial charge in [-0.25, -0.2) is 4.79 Å². The highest BCUT2D eigenvalue weighted by Gasteiger charge is 2.30. The van der Waals surface area contributed by atoms with Gasteiger partial charge in [0.1, 0.15) is 5.60 Å². The Morgan fingerprint density at radius 1 is 1.29 bits per heavy atom. The van der Waals surface area contributed by atoms with Crippen molar-refractivity contribution < 1.29 is 14.3 Å². The summed E-state index contributed by atoms with van der Waals surface area (Å²) in [6.45, 7) is 7.09. The second-order valence-electron chi connectivity index (χ2n) is 7.11. The van der Waals surface area contributed by atoms with Crippen LogP contribution in [0.3, 0.4) is 0 Å². The van der Waals surface area contributed by atoms with Crippen LogP contribution in [0.5, 0.6) is 0 Å². The maximum absolute atomic E-state index is 12.4. The van der Waals surface area contributed by atoms with Crippen molar-refractivity contribution in [2.45, 2.75) is 45.8 Å². The lowest BCUT2D eigenvalue weighted by atomic mass is 9.97. The summed E-state index contributed by atoms with van der Waals surface area (Å²) >= 11 is 3.39. The Bertz CT molecular complexity index is 581. The molecule has 0 radical (unpaired) electrons. The number of likely N-dealkylation sites (tertiary alicyclic amines) is 1. The minimum Gasteiger partial charge on any atom is -0.444 e. The fraction of sp³-hybridized carbons (Fsp3) is 0.556. The number of nitrogens with zero attached hydrogens (tertiary/aromatic N) is 1. The Morgan fingerprint density at radius 2 is 1.96 bits per heavy atom. The summed E-state index contributed by atoms with van der Waals surface area (Å²) in [4.78, 5) is 26.2. The van der Waals surface area contributed by atoms with Crippen LogP contribution in [0.15, 0.2) is 28.7 Å². The van der Waals surface area contributed by atoms with Crippen LogP contribution in [-0.2, 0) is 16.1 Å². The van der Waals surface area contributed by atoms with E-state index in [0.717, 1.165) is 22.9 Å². The number of benzene rings is 1. The highest BCUT2D eigenvalue weighted by molar-refractivity contribution is 9.10.